The van der Waals surface area contributed by atoms with Crippen molar-refractivity contribution in [3.63, 3.8) is 0 Å². The SMILES string of the molecule is CN1CCC(n2cc(-c3ccc4cnc(NC(=O)C5CCCCC5)cc4n3)cn2)CC1. The Morgan fingerprint density at radius 3 is 2.68 bits per heavy atom. The summed E-state index contributed by atoms with van der Waals surface area (Å²) in [5.74, 6) is 0.771. The molecule has 2 aliphatic rings. The first-order valence-electron chi connectivity index (χ1n) is 11.5. The first kappa shape index (κ1) is 20.1. The minimum atomic E-state index is 0.0853. The van der Waals surface area contributed by atoms with Gasteiger partial charge in [0.05, 0.1) is 23.4 Å². The Morgan fingerprint density at radius 1 is 1.06 bits per heavy atom. The largest absolute Gasteiger partial charge is 0.310 e. The smallest absolute Gasteiger partial charge is 0.228 e. The number of rotatable bonds is 4. The highest BCUT2D eigenvalue weighted by atomic mass is 16.1. The Kier molecular flexibility index (Phi) is 5.68. The summed E-state index contributed by atoms with van der Waals surface area (Å²) in [5.41, 5.74) is 2.74. The Bertz CT molecular complexity index is 1060. The van der Waals surface area contributed by atoms with E-state index in [9.17, 15) is 4.79 Å². The zero-order chi connectivity index (χ0) is 21.2. The van der Waals surface area contributed by atoms with Crippen molar-refractivity contribution in [2.45, 2.75) is 51.0 Å². The molecule has 5 rings (SSSR count). The summed E-state index contributed by atoms with van der Waals surface area (Å²) in [5, 5.41) is 8.58. The minimum absolute atomic E-state index is 0.0853. The third-order valence-electron chi connectivity index (χ3n) is 6.76. The highest BCUT2D eigenvalue weighted by molar-refractivity contribution is 5.93. The van der Waals surface area contributed by atoms with Crippen molar-refractivity contribution in [1.82, 2.24) is 24.6 Å². The highest BCUT2D eigenvalue weighted by Crippen LogP contribution is 2.27. The number of aromatic nitrogens is 4. The van der Waals surface area contributed by atoms with E-state index in [1.54, 1.807) is 6.20 Å². The summed E-state index contributed by atoms with van der Waals surface area (Å²) in [6.45, 7) is 2.22. The van der Waals surface area contributed by atoms with E-state index in [0.717, 1.165) is 73.8 Å². The van der Waals surface area contributed by atoms with E-state index in [-0.39, 0.29) is 11.8 Å². The number of carbonyl (C=O) groups excluding carboxylic acids is 1. The molecule has 0 spiro atoms. The van der Waals surface area contributed by atoms with Crippen LogP contribution in [0.4, 0.5) is 5.82 Å². The van der Waals surface area contributed by atoms with Gasteiger partial charge in [0.2, 0.25) is 5.91 Å². The molecule has 1 aliphatic heterocycles. The predicted octanol–water partition coefficient (Wildman–Crippen LogP) is 4.28. The molecule has 3 aromatic rings. The second-order valence-corrected chi connectivity index (χ2v) is 9.03. The van der Waals surface area contributed by atoms with Gasteiger partial charge < -0.3 is 10.2 Å². The van der Waals surface area contributed by atoms with Gasteiger partial charge in [-0.1, -0.05) is 19.3 Å². The average Bonchev–Trinajstić information content (AvgIpc) is 3.30. The number of anilines is 1. The van der Waals surface area contributed by atoms with E-state index in [2.05, 4.69) is 38.2 Å². The van der Waals surface area contributed by atoms with Crippen molar-refractivity contribution in [3.05, 3.63) is 36.8 Å². The summed E-state index contributed by atoms with van der Waals surface area (Å²) in [6, 6.07) is 6.38. The third-order valence-corrected chi connectivity index (χ3v) is 6.76. The van der Waals surface area contributed by atoms with Crippen LogP contribution >= 0.6 is 0 Å². The maximum atomic E-state index is 12.6. The van der Waals surface area contributed by atoms with Crippen LogP contribution in [0.5, 0.6) is 0 Å². The first-order valence-corrected chi connectivity index (χ1v) is 11.5. The lowest BCUT2D eigenvalue weighted by Crippen LogP contribution is -2.31. The lowest BCUT2D eigenvalue weighted by Gasteiger charge is -2.28. The van der Waals surface area contributed by atoms with Crippen molar-refractivity contribution in [2.75, 3.05) is 25.5 Å². The van der Waals surface area contributed by atoms with Crippen molar-refractivity contribution in [1.29, 1.82) is 0 Å². The van der Waals surface area contributed by atoms with Crippen LogP contribution in [-0.4, -0.2) is 50.7 Å². The molecule has 0 atom stereocenters. The molecular formula is C24H30N6O. The molecule has 31 heavy (non-hydrogen) atoms. The van der Waals surface area contributed by atoms with Crippen LogP contribution in [-0.2, 0) is 4.79 Å². The maximum absolute atomic E-state index is 12.6. The fraction of sp³-hybridized carbons (Fsp3) is 0.500. The van der Waals surface area contributed by atoms with E-state index < -0.39 is 0 Å². The number of likely N-dealkylation sites (tertiary alicyclic amines) is 1. The molecular weight excluding hydrogens is 388 g/mol. The number of fused-ring (bicyclic) bond motifs is 1. The molecule has 1 N–H and O–H groups in total. The minimum Gasteiger partial charge on any atom is -0.310 e. The maximum Gasteiger partial charge on any atom is 0.228 e. The van der Waals surface area contributed by atoms with E-state index in [4.69, 9.17) is 4.98 Å². The molecule has 0 radical (unpaired) electrons. The number of amides is 1. The molecule has 1 aliphatic carbocycles. The van der Waals surface area contributed by atoms with E-state index in [1.807, 2.05) is 24.4 Å². The third kappa shape index (κ3) is 4.46. The number of hydrogen-bond donors (Lipinski definition) is 1. The molecule has 4 heterocycles. The number of nitrogens with zero attached hydrogens (tertiary/aromatic N) is 5. The summed E-state index contributed by atoms with van der Waals surface area (Å²) in [4.78, 5) is 24.2. The molecule has 162 valence electrons. The normalized spacial score (nSPS) is 19.0. The molecule has 1 amide bonds. The van der Waals surface area contributed by atoms with Crippen molar-refractivity contribution < 1.29 is 4.79 Å². The van der Waals surface area contributed by atoms with Crippen LogP contribution in [0.3, 0.4) is 0 Å². The lowest BCUT2D eigenvalue weighted by atomic mass is 9.89. The monoisotopic (exact) mass is 418 g/mol. The highest BCUT2D eigenvalue weighted by Gasteiger charge is 2.22. The average molecular weight is 419 g/mol. The van der Waals surface area contributed by atoms with Crippen LogP contribution in [0.15, 0.2) is 36.8 Å². The van der Waals surface area contributed by atoms with Gasteiger partial charge in [0.15, 0.2) is 0 Å². The van der Waals surface area contributed by atoms with Gasteiger partial charge in [0.25, 0.3) is 0 Å². The number of pyridine rings is 2. The van der Waals surface area contributed by atoms with Gasteiger partial charge in [0.1, 0.15) is 5.82 Å². The van der Waals surface area contributed by atoms with Crippen molar-refractivity contribution >= 4 is 22.6 Å². The van der Waals surface area contributed by atoms with E-state index in [1.165, 1.54) is 6.42 Å². The molecule has 0 unspecified atom stereocenters. The van der Waals surface area contributed by atoms with Gasteiger partial charge in [-0.2, -0.15) is 5.10 Å². The van der Waals surface area contributed by atoms with Gasteiger partial charge in [0, 0.05) is 35.3 Å². The summed E-state index contributed by atoms with van der Waals surface area (Å²) in [6.07, 6.45) is 13.5. The van der Waals surface area contributed by atoms with Gasteiger partial charge in [-0.15, -0.1) is 0 Å². The first-order chi connectivity index (χ1) is 15.2. The molecule has 7 nitrogen and oxygen atoms in total. The topological polar surface area (TPSA) is 75.9 Å². The molecule has 2 fully saturated rings. The summed E-state index contributed by atoms with van der Waals surface area (Å²) >= 11 is 0. The molecule has 0 bridgehead atoms. The summed E-state index contributed by atoms with van der Waals surface area (Å²) < 4.78 is 2.09. The quantitative estimate of drug-likeness (QED) is 0.684. The van der Waals surface area contributed by atoms with Crippen LogP contribution in [0.25, 0.3) is 22.2 Å². The standard InChI is InChI=1S/C24H30N6O/c1-29-11-9-20(10-12-29)30-16-19(15-26-30)21-8-7-18-14-25-23(13-22(18)27-21)28-24(31)17-5-3-2-4-6-17/h7-8,13-17,20H,2-6,9-12H2,1H3,(H,25,28,31). The molecule has 1 saturated carbocycles. The van der Waals surface area contributed by atoms with E-state index in [0.29, 0.717) is 11.9 Å². The Balaban J connectivity index is 1.34. The Labute approximate surface area is 182 Å². The van der Waals surface area contributed by atoms with Gasteiger partial charge in [-0.05, 0) is 58.0 Å². The van der Waals surface area contributed by atoms with Crippen LogP contribution < -0.4 is 5.32 Å². The molecule has 3 aromatic heterocycles. The van der Waals surface area contributed by atoms with Crippen molar-refractivity contribution in [2.24, 2.45) is 5.92 Å². The fourth-order valence-electron chi connectivity index (χ4n) is 4.77. The lowest BCUT2D eigenvalue weighted by molar-refractivity contribution is -0.120. The Hall–Kier alpha value is -2.80. The number of piperidine rings is 1. The molecule has 7 heteroatoms. The van der Waals surface area contributed by atoms with Crippen molar-refractivity contribution in [3.8, 4) is 11.3 Å². The number of nitrogens with one attached hydrogen (secondary N) is 1. The van der Waals surface area contributed by atoms with Gasteiger partial charge in [-0.3, -0.25) is 9.48 Å². The second-order valence-electron chi connectivity index (χ2n) is 9.03. The van der Waals surface area contributed by atoms with Gasteiger partial charge >= 0.3 is 0 Å². The van der Waals surface area contributed by atoms with Crippen LogP contribution in [0.2, 0.25) is 0 Å². The van der Waals surface area contributed by atoms with E-state index >= 15 is 0 Å². The zero-order valence-electron chi connectivity index (χ0n) is 18.1. The fourth-order valence-corrected chi connectivity index (χ4v) is 4.77. The number of hydrogen-bond acceptors (Lipinski definition) is 5. The van der Waals surface area contributed by atoms with Crippen LogP contribution in [0, 0.1) is 5.92 Å². The number of carbonyl (C=O) groups is 1. The summed E-state index contributed by atoms with van der Waals surface area (Å²) in [7, 11) is 2.17. The zero-order valence-corrected chi connectivity index (χ0v) is 18.1. The Morgan fingerprint density at radius 2 is 1.87 bits per heavy atom. The molecule has 1 saturated heterocycles. The predicted molar refractivity (Wildman–Crippen MR) is 122 cm³/mol. The van der Waals surface area contributed by atoms with Crippen LogP contribution in [0.1, 0.15) is 51.0 Å². The van der Waals surface area contributed by atoms with Gasteiger partial charge in [-0.25, -0.2) is 9.97 Å². The molecule has 0 aromatic carbocycles. The second kappa shape index (κ2) is 8.75.